The Morgan fingerprint density at radius 3 is 0.973 bits per heavy atom. The summed E-state index contributed by atoms with van der Waals surface area (Å²) < 4.78 is 16.8. The molecular formula is C68H118O6. The highest BCUT2D eigenvalue weighted by Crippen LogP contribution is 2.17. The predicted molar refractivity (Wildman–Crippen MR) is 321 cm³/mol. The van der Waals surface area contributed by atoms with Crippen LogP contribution in [-0.2, 0) is 28.6 Å². The van der Waals surface area contributed by atoms with Crippen molar-refractivity contribution in [3.05, 3.63) is 85.1 Å². The van der Waals surface area contributed by atoms with E-state index in [4.69, 9.17) is 14.2 Å². The lowest BCUT2D eigenvalue weighted by Crippen LogP contribution is -2.30. The van der Waals surface area contributed by atoms with E-state index in [0.717, 1.165) is 77.0 Å². The van der Waals surface area contributed by atoms with Gasteiger partial charge in [0.05, 0.1) is 6.42 Å². The standard InChI is InChI=1S/C68H118O6/c1-4-7-10-13-16-19-22-25-28-30-32-33-34-36-37-40-43-46-49-52-55-58-61-67(70)73-64-65(63-72-66(69)60-57-54-51-48-45-42-39-27-24-21-18-15-12-9-6-3)74-68(71)62-59-56-53-50-47-44-41-38-35-31-29-26-23-20-17-14-11-8-5-2/h9,12,17-18,20-21,26-27,29,39,45,48,54,57,65H,4-8,10-11,13-16,19,22-25,28,30-38,40-44,46-47,49-53,55-56,58-64H2,1-3H3/b12-9-,20-17-,21-18-,29-26-,39-27-,48-45-,57-54-. The van der Waals surface area contributed by atoms with Crippen LogP contribution < -0.4 is 0 Å². The van der Waals surface area contributed by atoms with Gasteiger partial charge in [-0.15, -0.1) is 0 Å². The van der Waals surface area contributed by atoms with E-state index in [-0.39, 0.29) is 31.6 Å². The molecule has 0 aromatic rings. The van der Waals surface area contributed by atoms with Crippen LogP contribution in [0.4, 0.5) is 0 Å². The Kier molecular flexibility index (Phi) is 59.3. The average molecular weight is 1030 g/mol. The molecule has 6 nitrogen and oxygen atoms in total. The largest absolute Gasteiger partial charge is 0.462 e. The molecule has 0 saturated heterocycles. The molecule has 0 saturated carbocycles. The summed E-state index contributed by atoms with van der Waals surface area (Å²) in [6, 6.07) is 0. The number of hydrogen-bond acceptors (Lipinski definition) is 6. The molecule has 1 unspecified atom stereocenters. The summed E-state index contributed by atoms with van der Waals surface area (Å²) in [7, 11) is 0. The van der Waals surface area contributed by atoms with E-state index in [1.165, 1.54) is 193 Å². The molecule has 426 valence electrons. The highest BCUT2D eigenvalue weighted by Gasteiger charge is 2.19. The van der Waals surface area contributed by atoms with E-state index in [1.54, 1.807) is 6.08 Å². The lowest BCUT2D eigenvalue weighted by Gasteiger charge is -2.18. The van der Waals surface area contributed by atoms with Crippen LogP contribution in [0.3, 0.4) is 0 Å². The van der Waals surface area contributed by atoms with Crippen molar-refractivity contribution in [1.29, 1.82) is 0 Å². The lowest BCUT2D eigenvalue weighted by atomic mass is 10.0. The number of ether oxygens (including phenoxy) is 3. The third-order valence-electron chi connectivity index (χ3n) is 13.7. The fraction of sp³-hybridized carbons (Fsp3) is 0.750. The lowest BCUT2D eigenvalue weighted by molar-refractivity contribution is -0.166. The number of hydrogen-bond donors (Lipinski definition) is 0. The van der Waals surface area contributed by atoms with Crippen LogP contribution in [0.25, 0.3) is 0 Å². The molecule has 0 aliphatic carbocycles. The fourth-order valence-corrected chi connectivity index (χ4v) is 8.96. The Morgan fingerprint density at radius 1 is 0.297 bits per heavy atom. The second-order valence-electron chi connectivity index (χ2n) is 21.0. The van der Waals surface area contributed by atoms with Crippen molar-refractivity contribution in [3.63, 3.8) is 0 Å². The van der Waals surface area contributed by atoms with Gasteiger partial charge in [-0.05, 0) is 77.0 Å². The van der Waals surface area contributed by atoms with E-state index in [0.29, 0.717) is 12.8 Å². The Morgan fingerprint density at radius 2 is 0.581 bits per heavy atom. The van der Waals surface area contributed by atoms with E-state index >= 15 is 0 Å². The molecule has 0 aromatic carbocycles. The van der Waals surface area contributed by atoms with Crippen LogP contribution in [0.15, 0.2) is 85.1 Å². The van der Waals surface area contributed by atoms with Gasteiger partial charge in [0.25, 0.3) is 0 Å². The summed E-state index contributed by atoms with van der Waals surface area (Å²) in [6.45, 7) is 6.45. The number of carbonyl (C=O) groups is 3. The number of allylic oxidation sites excluding steroid dienone is 13. The molecule has 0 spiro atoms. The van der Waals surface area contributed by atoms with Gasteiger partial charge in [-0.25, -0.2) is 0 Å². The van der Waals surface area contributed by atoms with Crippen LogP contribution >= 0.6 is 0 Å². The van der Waals surface area contributed by atoms with Crippen molar-refractivity contribution >= 4 is 17.9 Å². The van der Waals surface area contributed by atoms with Gasteiger partial charge in [0.15, 0.2) is 6.10 Å². The topological polar surface area (TPSA) is 78.9 Å². The van der Waals surface area contributed by atoms with Crippen molar-refractivity contribution < 1.29 is 28.6 Å². The van der Waals surface area contributed by atoms with Crippen LogP contribution in [0, 0.1) is 0 Å². The van der Waals surface area contributed by atoms with Crippen LogP contribution in [0.5, 0.6) is 0 Å². The average Bonchev–Trinajstić information content (AvgIpc) is 3.40. The zero-order valence-corrected chi connectivity index (χ0v) is 48.8. The Labute approximate surface area is 458 Å². The maximum absolute atomic E-state index is 12.9. The van der Waals surface area contributed by atoms with Crippen LogP contribution in [-0.4, -0.2) is 37.2 Å². The smallest absolute Gasteiger partial charge is 0.309 e. The van der Waals surface area contributed by atoms with Crippen molar-refractivity contribution in [2.75, 3.05) is 13.2 Å². The van der Waals surface area contributed by atoms with Crippen molar-refractivity contribution in [1.82, 2.24) is 0 Å². The molecular weight excluding hydrogens is 913 g/mol. The van der Waals surface area contributed by atoms with Crippen molar-refractivity contribution in [3.8, 4) is 0 Å². The number of carbonyl (C=O) groups excluding carboxylic acids is 3. The maximum Gasteiger partial charge on any atom is 0.309 e. The Balaban J connectivity index is 4.40. The first kappa shape index (κ1) is 70.6. The molecule has 0 aliphatic heterocycles. The van der Waals surface area contributed by atoms with E-state index in [2.05, 4.69) is 93.7 Å². The summed E-state index contributed by atoms with van der Waals surface area (Å²) in [4.78, 5) is 38.2. The van der Waals surface area contributed by atoms with Gasteiger partial charge in [0, 0.05) is 12.8 Å². The number of unbranched alkanes of at least 4 members (excludes halogenated alkanes) is 33. The minimum Gasteiger partial charge on any atom is -0.462 e. The fourth-order valence-electron chi connectivity index (χ4n) is 8.96. The highest BCUT2D eigenvalue weighted by atomic mass is 16.6. The zero-order chi connectivity index (χ0) is 53.6. The summed E-state index contributed by atoms with van der Waals surface area (Å²) in [5, 5.41) is 0. The highest BCUT2D eigenvalue weighted by molar-refractivity contribution is 5.72. The molecule has 0 fully saturated rings. The summed E-state index contributed by atoms with van der Waals surface area (Å²) in [5.41, 5.74) is 0. The molecule has 0 amide bonds. The van der Waals surface area contributed by atoms with Gasteiger partial charge < -0.3 is 14.2 Å². The molecule has 1 atom stereocenters. The van der Waals surface area contributed by atoms with E-state index < -0.39 is 12.1 Å². The minimum atomic E-state index is -0.819. The predicted octanol–water partition coefficient (Wildman–Crippen LogP) is 21.5. The van der Waals surface area contributed by atoms with Gasteiger partial charge in [0.1, 0.15) is 13.2 Å². The van der Waals surface area contributed by atoms with E-state index in [1.807, 2.05) is 6.08 Å². The van der Waals surface area contributed by atoms with Gasteiger partial charge in [-0.3, -0.25) is 14.4 Å². The van der Waals surface area contributed by atoms with Gasteiger partial charge in [-0.2, -0.15) is 0 Å². The molecule has 0 aliphatic rings. The Bertz CT molecular complexity index is 1420. The molecule has 0 aromatic heterocycles. The van der Waals surface area contributed by atoms with Gasteiger partial charge in [0.2, 0.25) is 0 Å². The van der Waals surface area contributed by atoms with Crippen LogP contribution in [0.1, 0.15) is 310 Å². The van der Waals surface area contributed by atoms with Gasteiger partial charge >= 0.3 is 17.9 Å². The second-order valence-corrected chi connectivity index (χ2v) is 21.0. The van der Waals surface area contributed by atoms with Crippen LogP contribution in [0.2, 0.25) is 0 Å². The third-order valence-corrected chi connectivity index (χ3v) is 13.7. The first-order chi connectivity index (χ1) is 36.5. The molecule has 0 bridgehead atoms. The molecule has 0 heterocycles. The first-order valence-corrected chi connectivity index (χ1v) is 31.6. The third kappa shape index (κ3) is 59.5. The normalized spacial score (nSPS) is 12.6. The quantitative estimate of drug-likeness (QED) is 0.0261. The van der Waals surface area contributed by atoms with Crippen molar-refractivity contribution in [2.45, 2.75) is 316 Å². The summed E-state index contributed by atoms with van der Waals surface area (Å²) in [5.74, 6) is -1.03. The minimum absolute atomic E-state index is 0.105. The zero-order valence-electron chi connectivity index (χ0n) is 48.8. The molecule has 0 rings (SSSR count). The summed E-state index contributed by atoms with van der Waals surface area (Å²) in [6.07, 6.45) is 81.9. The SMILES string of the molecule is CC/C=C\C/C=C\C/C=C\C/C=C\C/C=C\CC(=O)OCC(COC(=O)CCCCCCCCCCCCCCCCCCCCCCCC)OC(=O)CCCCCCCCCCC/C=C\C/C=C\CCCCC. The second kappa shape index (κ2) is 62.1. The number of rotatable bonds is 57. The van der Waals surface area contributed by atoms with Crippen molar-refractivity contribution in [2.24, 2.45) is 0 Å². The molecule has 74 heavy (non-hydrogen) atoms. The summed E-state index contributed by atoms with van der Waals surface area (Å²) >= 11 is 0. The first-order valence-electron chi connectivity index (χ1n) is 31.6. The molecule has 0 radical (unpaired) electrons. The molecule has 0 N–H and O–H groups in total. The maximum atomic E-state index is 12.9. The van der Waals surface area contributed by atoms with E-state index in [9.17, 15) is 14.4 Å². The van der Waals surface area contributed by atoms with Gasteiger partial charge in [-0.1, -0.05) is 298 Å². The molecule has 6 heteroatoms. The monoisotopic (exact) mass is 1030 g/mol. The number of esters is 3. The Hall–Kier alpha value is -3.41.